The molecular weight excluding hydrogens is 304 g/mol. The minimum Gasteiger partial charge on any atom is -0.508 e. The van der Waals surface area contributed by atoms with Gasteiger partial charge in [0.15, 0.2) is 0 Å². The van der Waals surface area contributed by atoms with Crippen LogP contribution in [0.25, 0.3) is 10.8 Å². The third kappa shape index (κ3) is 3.55. The lowest BCUT2D eigenvalue weighted by Gasteiger charge is -2.09. The van der Waals surface area contributed by atoms with E-state index in [9.17, 15) is 9.90 Å². The highest BCUT2D eigenvalue weighted by molar-refractivity contribution is 6.13. The number of nitrogens with one attached hydrogen (secondary N) is 1. The van der Waals surface area contributed by atoms with Gasteiger partial charge < -0.3 is 15.3 Å². The number of benzene rings is 2. The van der Waals surface area contributed by atoms with E-state index in [0.717, 1.165) is 23.9 Å². The number of hydrogen-bond donors (Lipinski definition) is 2. The Morgan fingerprint density at radius 1 is 1.29 bits per heavy atom. The summed E-state index contributed by atoms with van der Waals surface area (Å²) in [5.41, 5.74) is 1.23. The normalized spacial score (nSPS) is 11.1. The maximum Gasteiger partial charge on any atom is 0.256 e. The number of phenolic OH excluding ortho intramolecular Hbond substituents is 1. The number of phenols is 1. The second kappa shape index (κ2) is 6.72. The van der Waals surface area contributed by atoms with Crippen LogP contribution in [0.1, 0.15) is 10.4 Å². The molecule has 0 atom stereocenters. The number of likely N-dealkylation sites (N-methyl/N-ethyl adjacent to an activating group) is 1. The highest BCUT2D eigenvalue weighted by Crippen LogP contribution is 2.23. The predicted octanol–water partition coefficient (Wildman–Crippen LogP) is 2.56. The van der Waals surface area contributed by atoms with Crippen molar-refractivity contribution >= 4 is 22.4 Å². The molecule has 0 aliphatic carbocycles. The fraction of sp³-hybridized carbons (Fsp3) is 0.222. The van der Waals surface area contributed by atoms with Gasteiger partial charge in [-0.15, -0.1) is 0 Å². The zero-order valence-corrected chi connectivity index (χ0v) is 13.7. The number of fused-ring (bicyclic) bond motifs is 1. The van der Waals surface area contributed by atoms with Gasteiger partial charge in [-0.3, -0.25) is 9.48 Å². The van der Waals surface area contributed by atoms with Crippen LogP contribution in [-0.4, -0.2) is 46.3 Å². The van der Waals surface area contributed by atoms with Gasteiger partial charge in [0.05, 0.1) is 18.4 Å². The molecule has 6 nitrogen and oxygen atoms in total. The van der Waals surface area contributed by atoms with Gasteiger partial charge in [-0.1, -0.05) is 12.1 Å². The van der Waals surface area contributed by atoms with Crippen molar-refractivity contribution in [3.63, 3.8) is 0 Å². The molecule has 2 N–H and O–H groups in total. The SMILES string of the molecule is CN(C)CCn1cc(NC(=O)c2cccc3cc(O)ccc23)cn1. The summed E-state index contributed by atoms with van der Waals surface area (Å²) in [7, 11) is 4.01. The standard InChI is InChI=1S/C18H20N4O2/c1-21(2)8-9-22-12-14(11-19-22)20-18(24)17-5-3-4-13-10-15(23)6-7-16(13)17/h3-7,10-12,23H,8-9H2,1-2H3,(H,20,24). The fourth-order valence-corrected chi connectivity index (χ4v) is 2.52. The summed E-state index contributed by atoms with van der Waals surface area (Å²) in [6.07, 6.45) is 3.46. The maximum atomic E-state index is 12.6. The first-order chi connectivity index (χ1) is 11.5. The van der Waals surface area contributed by atoms with E-state index in [1.165, 1.54) is 0 Å². The summed E-state index contributed by atoms with van der Waals surface area (Å²) < 4.78 is 1.80. The first-order valence-corrected chi connectivity index (χ1v) is 7.73. The van der Waals surface area contributed by atoms with Crippen molar-refractivity contribution in [1.82, 2.24) is 14.7 Å². The number of aromatic hydroxyl groups is 1. The number of carbonyl (C=O) groups is 1. The average Bonchev–Trinajstić information content (AvgIpc) is 2.99. The van der Waals surface area contributed by atoms with E-state index >= 15 is 0 Å². The quantitative estimate of drug-likeness (QED) is 0.757. The summed E-state index contributed by atoms with van der Waals surface area (Å²) in [6, 6.07) is 10.4. The monoisotopic (exact) mass is 324 g/mol. The van der Waals surface area contributed by atoms with Crippen LogP contribution in [0.3, 0.4) is 0 Å². The number of amides is 1. The molecule has 2 aromatic carbocycles. The molecule has 1 aromatic heterocycles. The number of carbonyl (C=O) groups excluding carboxylic acids is 1. The molecule has 124 valence electrons. The predicted molar refractivity (Wildman–Crippen MR) is 94.3 cm³/mol. The van der Waals surface area contributed by atoms with Gasteiger partial charge in [-0.05, 0) is 49.1 Å². The molecule has 3 rings (SSSR count). The van der Waals surface area contributed by atoms with Crippen LogP contribution >= 0.6 is 0 Å². The number of nitrogens with zero attached hydrogens (tertiary/aromatic N) is 3. The number of rotatable bonds is 5. The Balaban J connectivity index is 1.78. The zero-order valence-electron chi connectivity index (χ0n) is 13.7. The minimum atomic E-state index is -0.196. The second-order valence-corrected chi connectivity index (χ2v) is 5.96. The van der Waals surface area contributed by atoms with Gasteiger partial charge in [0.1, 0.15) is 5.75 Å². The van der Waals surface area contributed by atoms with Crippen LogP contribution in [-0.2, 0) is 6.54 Å². The van der Waals surface area contributed by atoms with Gasteiger partial charge in [0.25, 0.3) is 5.91 Å². The molecule has 24 heavy (non-hydrogen) atoms. The molecule has 0 bridgehead atoms. The molecule has 3 aromatic rings. The number of hydrogen-bond acceptors (Lipinski definition) is 4. The second-order valence-electron chi connectivity index (χ2n) is 5.96. The molecular formula is C18H20N4O2. The molecule has 1 amide bonds. The lowest BCUT2D eigenvalue weighted by atomic mass is 10.0. The molecule has 0 aliphatic rings. The Kier molecular flexibility index (Phi) is 4.48. The van der Waals surface area contributed by atoms with Crippen LogP contribution in [0.5, 0.6) is 5.75 Å². The van der Waals surface area contributed by atoms with Crippen molar-refractivity contribution in [3.8, 4) is 5.75 Å². The molecule has 0 aliphatic heterocycles. The van der Waals surface area contributed by atoms with E-state index in [0.29, 0.717) is 11.3 Å². The van der Waals surface area contributed by atoms with Crippen LogP contribution in [0.2, 0.25) is 0 Å². The van der Waals surface area contributed by atoms with Crippen molar-refractivity contribution in [2.45, 2.75) is 6.54 Å². The Labute approximate surface area is 140 Å². The van der Waals surface area contributed by atoms with Gasteiger partial charge in [0.2, 0.25) is 0 Å². The van der Waals surface area contributed by atoms with Crippen molar-refractivity contribution in [2.75, 3.05) is 26.0 Å². The van der Waals surface area contributed by atoms with E-state index in [2.05, 4.69) is 15.3 Å². The van der Waals surface area contributed by atoms with Crippen LogP contribution in [0.4, 0.5) is 5.69 Å². The molecule has 0 saturated carbocycles. The lowest BCUT2D eigenvalue weighted by Crippen LogP contribution is -2.18. The van der Waals surface area contributed by atoms with Crippen molar-refractivity contribution in [2.24, 2.45) is 0 Å². The molecule has 0 spiro atoms. The lowest BCUT2D eigenvalue weighted by molar-refractivity contribution is 0.102. The van der Waals surface area contributed by atoms with Gasteiger partial charge >= 0.3 is 0 Å². The summed E-state index contributed by atoms with van der Waals surface area (Å²) in [6.45, 7) is 1.64. The van der Waals surface area contributed by atoms with Crippen LogP contribution < -0.4 is 5.32 Å². The smallest absolute Gasteiger partial charge is 0.256 e. The summed E-state index contributed by atoms with van der Waals surface area (Å²) in [5, 5.41) is 18.3. The number of anilines is 1. The molecule has 0 fully saturated rings. The highest BCUT2D eigenvalue weighted by atomic mass is 16.3. The maximum absolute atomic E-state index is 12.6. The summed E-state index contributed by atoms with van der Waals surface area (Å²) in [4.78, 5) is 14.6. The van der Waals surface area contributed by atoms with Gasteiger partial charge in [-0.2, -0.15) is 5.10 Å². The van der Waals surface area contributed by atoms with Crippen molar-refractivity contribution in [1.29, 1.82) is 0 Å². The molecule has 0 radical (unpaired) electrons. The van der Waals surface area contributed by atoms with E-state index < -0.39 is 0 Å². The average molecular weight is 324 g/mol. The topological polar surface area (TPSA) is 70.4 Å². The molecule has 1 heterocycles. The zero-order chi connectivity index (χ0) is 17.1. The number of aromatic nitrogens is 2. The molecule has 6 heteroatoms. The summed E-state index contributed by atoms with van der Waals surface area (Å²) in [5.74, 6) is -0.0133. The molecule has 0 saturated heterocycles. The van der Waals surface area contributed by atoms with E-state index in [1.807, 2.05) is 26.4 Å². The van der Waals surface area contributed by atoms with Crippen molar-refractivity contribution in [3.05, 3.63) is 54.4 Å². The van der Waals surface area contributed by atoms with E-state index in [4.69, 9.17) is 0 Å². The van der Waals surface area contributed by atoms with Gasteiger partial charge in [-0.25, -0.2) is 0 Å². The van der Waals surface area contributed by atoms with Gasteiger partial charge in [0, 0.05) is 18.3 Å². The first kappa shape index (κ1) is 16.0. The van der Waals surface area contributed by atoms with E-state index in [1.54, 1.807) is 41.2 Å². The van der Waals surface area contributed by atoms with Crippen LogP contribution in [0, 0.1) is 0 Å². The first-order valence-electron chi connectivity index (χ1n) is 7.73. The van der Waals surface area contributed by atoms with E-state index in [-0.39, 0.29) is 11.7 Å². The minimum absolute atomic E-state index is 0.183. The van der Waals surface area contributed by atoms with Crippen LogP contribution in [0.15, 0.2) is 48.8 Å². The Bertz CT molecular complexity index is 870. The van der Waals surface area contributed by atoms with Crippen molar-refractivity contribution < 1.29 is 9.90 Å². The third-order valence-electron chi connectivity index (χ3n) is 3.78. The third-order valence-corrected chi connectivity index (χ3v) is 3.78. The molecule has 0 unspecified atom stereocenters. The Morgan fingerprint density at radius 2 is 2.12 bits per heavy atom. The highest BCUT2D eigenvalue weighted by Gasteiger charge is 2.11. The Morgan fingerprint density at radius 3 is 2.92 bits per heavy atom. The summed E-state index contributed by atoms with van der Waals surface area (Å²) >= 11 is 0. The fourth-order valence-electron chi connectivity index (χ4n) is 2.52. The Hall–Kier alpha value is -2.86. The largest absolute Gasteiger partial charge is 0.508 e.